The van der Waals surface area contributed by atoms with Gasteiger partial charge in [-0.1, -0.05) is 36.4 Å². The molecule has 0 amide bonds. The van der Waals surface area contributed by atoms with Crippen molar-refractivity contribution in [2.24, 2.45) is 11.3 Å². The Kier molecular flexibility index (Phi) is 6.84. The minimum atomic E-state index is -1.98. The van der Waals surface area contributed by atoms with Crippen molar-refractivity contribution in [3.05, 3.63) is 71.8 Å². The zero-order chi connectivity index (χ0) is 29.1. The molecule has 2 saturated carbocycles. The fourth-order valence-electron chi connectivity index (χ4n) is 7.17. The first-order valence-electron chi connectivity index (χ1n) is 13.5. The van der Waals surface area contributed by atoms with E-state index in [0.29, 0.717) is 18.4 Å². The fraction of sp³-hybridized carbons (Fsp3) is 0.516. The Hall–Kier alpha value is -3.27. The van der Waals surface area contributed by atoms with Crippen LogP contribution in [0, 0.1) is 11.3 Å². The van der Waals surface area contributed by atoms with Gasteiger partial charge in [0, 0.05) is 6.92 Å². The van der Waals surface area contributed by atoms with Crippen molar-refractivity contribution in [3.63, 3.8) is 0 Å². The lowest BCUT2D eigenvalue weighted by Gasteiger charge is -2.65. The maximum absolute atomic E-state index is 13.5. The molecule has 40 heavy (non-hydrogen) atoms. The lowest BCUT2D eigenvalue weighted by Crippen LogP contribution is -2.82. The number of carbonyl (C=O) groups excluding carboxylic acids is 3. The van der Waals surface area contributed by atoms with Gasteiger partial charge in [-0.25, -0.2) is 9.59 Å². The summed E-state index contributed by atoms with van der Waals surface area (Å²) in [4.78, 5) is 39.1. The summed E-state index contributed by atoms with van der Waals surface area (Å²) in [5.41, 5.74) is -5.17. The van der Waals surface area contributed by atoms with Crippen LogP contribution in [0.4, 0.5) is 0 Å². The van der Waals surface area contributed by atoms with Crippen molar-refractivity contribution in [1.29, 1.82) is 0 Å². The molecule has 2 aliphatic carbocycles. The molecule has 0 unspecified atom stereocenters. The van der Waals surface area contributed by atoms with Crippen LogP contribution in [0.25, 0.3) is 0 Å². The number of hydrogen-bond donors (Lipinski definition) is 2. The molecule has 9 nitrogen and oxygen atoms in total. The molecule has 2 N–H and O–H groups in total. The van der Waals surface area contributed by atoms with Crippen LogP contribution in [0.5, 0.6) is 0 Å². The summed E-state index contributed by atoms with van der Waals surface area (Å²) in [6, 6.07) is 16.8. The Morgan fingerprint density at radius 3 is 1.90 bits per heavy atom. The highest BCUT2D eigenvalue weighted by atomic mass is 16.6. The van der Waals surface area contributed by atoms with Gasteiger partial charge in [-0.05, 0) is 70.7 Å². The van der Waals surface area contributed by atoms with Crippen molar-refractivity contribution in [3.8, 4) is 0 Å². The minimum Gasteiger partial charge on any atom is -0.458 e. The normalized spacial score (nSPS) is 37.6. The number of benzene rings is 2. The first kappa shape index (κ1) is 28.3. The van der Waals surface area contributed by atoms with Crippen molar-refractivity contribution in [1.82, 2.24) is 0 Å². The third kappa shape index (κ3) is 4.14. The Morgan fingerprint density at radius 2 is 1.38 bits per heavy atom. The van der Waals surface area contributed by atoms with Gasteiger partial charge in [-0.3, -0.25) is 4.79 Å². The van der Waals surface area contributed by atoms with Gasteiger partial charge in [0.15, 0.2) is 12.2 Å². The zero-order valence-electron chi connectivity index (χ0n) is 23.3. The molecule has 1 spiro atoms. The molecule has 1 saturated heterocycles. The number of hydrogen-bond acceptors (Lipinski definition) is 9. The predicted molar refractivity (Wildman–Crippen MR) is 142 cm³/mol. The molecule has 3 fully saturated rings. The van der Waals surface area contributed by atoms with E-state index in [1.807, 2.05) is 13.8 Å². The summed E-state index contributed by atoms with van der Waals surface area (Å²) < 4.78 is 24.6. The number of fused-ring (bicyclic) bond motifs is 1. The predicted octanol–water partition coefficient (Wildman–Crippen LogP) is 3.46. The van der Waals surface area contributed by atoms with Crippen molar-refractivity contribution in [2.75, 3.05) is 0 Å². The van der Waals surface area contributed by atoms with Gasteiger partial charge < -0.3 is 29.2 Å². The smallest absolute Gasteiger partial charge is 0.338 e. The molecule has 9 heteroatoms. The first-order chi connectivity index (χ1) is 18.7. The van der Waals surface area contributed by atoms with E-state index in [-0.39, 0.29) is 11.5 Å². The SMILES string of the molecule is CC(=O)O[C@H]1[C@H](OC(=O)c2ccccc2)[C@@]2(C)[C@@H](OC(=O)c3ccccc3)C[C@H]3C[C@]2(OC3(C)C)[C@@](C)(O)[C@H]1O. The van der Waals surface area contributed by atoms with E-state index in [2.05, 4.69) is 0 Å². The summed E-state index contributed by atoms with van der Waals surface area (Å²) in [7, 11) is 0. The van der Waals surface area contributed by atoms with Gasteiger partial charge in [0.2, 0.25) is 0 Å². The average Bonchev–Trinajstić information content (AvgIpc) is 3.17. The van der Waals surface area contributed by atoms with E-state index < -0.39 is 64.5 Å². The second kappa shape index (κ2) is 9.68. The first-order valence-corrected chi connectivity index (χ1v) is 13.5. The van der Waals surface area contributed by atoms with Crippen LogP contribution in [0.15, 0.2) is 60.7 Å². The van der Waals surface area contributed by atoms with E-state index in [1.54, 1.807) is 67.6 Å². The topological polar surface area (TPSA) is 129 Å². The van der Waals surface area contributed by atoms with Gasteiger partial charge in [0.25, 0.3) is 0 Å². The third-order valence-electron chi connectivity index (χ3n) is 9.39. The van der Waals surface area contributed by atoms with E-state index in [0.717, 1.165) is 0 Å². The highest BCUT2D eigenvalue weighted by Gasteiger charge is 2.82. The molecule has 0 radical (unpaired) electrons. The van der Waals surface area contributed by atoms with Crippen molar-refractivity contribution in [2.45, 2.75) is 88.7 Å². The molecule has 1 heterocycles. The molecule has 0 aromatic heterocycles. The molecular weight excluding hydrogens is 516 g/mol. The highest BCUT2D eigenvalue weighted by molar-refractivity contribution is 5.90. The fourth-order valence-corrected chi connectivity index (χ4v) is 7.17. The molecule has 214 valence electrons. The standard InChI is InChI=1S/C31H36O9/c1-18(32)37-23-24(33)30(5,36)31-17-21(28(2,3)40-31)16-22(38-26(34)19-12-8-6-9-13-19)29(31,4)25(23)39-27(35)20-14-10-7-11-15-20/h6-15,21-25,33,36H,16-17H2,1-5H3/t21-,22-,23+,24-,25-,29+,30-,31+/m0/s1. The lowest BCUT2D eigenvalue weighted by molar-refractivity contribution is -0.350. The average molecular weight is 553 g/mol. The number of carbonyl (C=O) groups is 3. The Labute approximate surface area is 233 Å². The Balaban J connectivity index is 1.67. The quantitative estimate of drug-likeness (QED) is 0.423. The maximum atomic E-state index is 13.5. The van der Waals surface area contributed by atoms with Crippen LogP contribution in [-0.2, 0) is 23.7 Å². The summed E-state index contributed by atoms with van der Waals surface area (Å²) in [5, 5.41) is 23.7. The molecule has 2 aromatic carbocycles. The number of aliphatic hydroxyl groups excluding tert-OH is 1. The molecule has 2 bridgehead atoms. The monoisotopic (exact) mass is 552 g/mol. The van der Waals surface area contributed by atoms with Crippen molar-refractivity contribution >= 4 is 17.9 Å². The van der Waals surface area contributed by atoms with Crippen LogP contribution in [-0.4, -0.2) is 69.3 Å². The third-order valence-corrected chi connectivity index (χ3v) is 9.39. The van der Waals surface area contributed by atoms with Crippen LogP contribution in [0.2, 0.25) is 0 Å². The molecule has 5 rings (SSSR count). The number of rotatable bonds is 5. The molecular formula is C31H36O9. The van der Waals surface area contributed by atoms with E-state index >= 15 is 0 Å². The van der Waals surface area contributed by atoms with Gasteiger partial charge >= 0.3 is 17.9 Å². The lowest BCUT2D eigenvalue weighted by atomic mass is 9.47. The molecule has 2 aromatic rings. The summed E-state index contributed by atoms with van der Waals surface area (Å²) in [6.07, 6.45) is -4.81. The number of aliphatic hydroxyl groups is 2. The Morgan fingerprint density at radius 1 is 0.850 bits per heavy atom. The van der Waals surface area contributed by atoms with Crippen LogP contribution in [0.1, 0.15) is 68.2 Å². The minimum absolute atomic E-state index is 0.163. The van der Waals surface area contributed by atoms with Gasteiger partial charge in [-0.2, -0.15) is 0 Å². The van der Waals surface area contributed by atoms with Gasteiger partial charge in [-0.15, -0.1) is 0 Å². The summed E-state index contributed by atoms with van der Waals surface area (Å²) >= 11 is 0. The Bertz CT molecular complexity index is 1290. The second-order valence-electron chi connectivity index (χ2n) is 12.1. The maximum Gasteiger partial charge on any atom is 0.338 e. The van der Waals surface area contributed by atoms with Gasteiger partial charge in [0.05, 0.1) is 22.1 Å². The van der Waals surface area contributed by atoms with Crippen LogP contribution < -0.4 is 0 Å². The summed E-state index contributed by atoms with van der Waals surface area (Å²) in [5.74, 6) is -2.22. The van der Waals surface area contributed by atoms with Crippen LogP contribution >= 0.6 is 0 Å². The van der Waals surface area contributed by atoms with Crippen molar-refractivity contribution < 1.29 is 43.5 Å². The largest absolute Gasteiger partial charge is 0.458 e. The molecule has 8 atom stereocenters. The summed E-state index contributed by atoms with van der Waals surface area (Å²) in [6.45, 7) is 8.09. The molecule has 3 aliphatic rings. The highest BCUT2D eigenvalue weighted by Crippen LogP contribution is 2.68. The number of ether oxygens (including phenoxy) is 4. The van der Waals surface area contributed by atoms with E-state index in [9.17, 15) is 24.6 Å². The zero-order valence-corrected chi connectivity index (χ0v) is 23.3. The van der Waals surface area contributed by atoms with E-state index in [1.165, 1.54) is 13.8 Å². The van der Waals surface area contributed by atoms with Gasteiger partial charge in [0.1, 0.15) is 23.4 Å². The second-order valence-corrected chi connectivity index (χ2v) is 12.1. The van der Waals surface area contributed by atoms with E-state index in [4.69, 9.17) is 18.9 Å². The van der Waals surface area contributed by atoms with Crippen LogP contribution in [0.3, 0.4) is 0 Å². The number of esters is 3. The molecule has 1 aliphatic heterocycles.